The Hall–Kier alpha value is -1.36. The van der Waals surface area contributed by atoms with Crippen molar-refractivity contribution in [2.45, 2.75) is 50.7 Å². The van der Waals surface area contributed by atoms with E-state index >= 15 is 0 Å². The van der Waals surface area contributed by atoms with Crippen LogP contribution in [0.25, 0.3) is 0 Å². The fourth-order valence-electron chi connectivity index (χ4n) is 4.56. The van der Waals surface area contributed by atoms with Crippen molar-refractivity contribution >= 4 is 11.9 Å². The van der Waals surface area contributed by atoms with Gasteiger partial charge in [0.2, 0.25) is 0 Å². The minimum Gasteiger partial charge on any atom is -0.459 e. The SMILES string of the molecule is C=C(C)C(=O)OCC(=O)OC1C2CC3CC1CC(O)(C3)C2. The highest BCUT2D eigenvalue weighted by molar-refractivity contribution is 5.88. The summed E-state index contributed by atoms with van der Waals surface area (Å²) in [6.07, 6.45) is 4.28. The van der Waals surface area contributed by atoms with Crippen LogP contribution in [-0.4, -0.2) is 35.4 Å². The lowest BCUT2D eigenvalue weighted by molar-refractivity contribution is -0.201. The zero-order valence-corrected chi connectivity index (χ0v) is 12.3. The highest BCUT2D eigenvalue weighted by Gasteiger charge is 2.56. The summed E-state index contributed by atoms with van der Waals surface area (Å²) in [5, 5.41) is 10.5. The summed E-state index contributed by atoms with van der Waals surface area (Å²) in [7, 11) is 0. The Kier molecular flexibility index (Phi) is 3.56. The Bertz CT molecular complexity index is 467. The summed E-state index contributed by atoms with van der Waals surface area (Å²) in [5.74, 6) is -0.00631. The topological polar surface area (TPSA) is 72.8 Å². The molecule has 5 heteroatoms. The largest absolute Gasteiger partial charge is 0.459 e. The molecule has 2 atom stereocenters. The van der Waals surface area contributed by atoms with E-state index in [2.05, 4.69) is 6.58 Å². The second-order valence-electron chi connectivity index (χ2n) is 7.01. The maximum Gasteiger partial charge on any atom is 0.344 e. The van der Waals surface area contributed by atoms with Gasteiger partial charge in [-0.15, -0.1) is 0 Å². The van der Waals surface area contributed by atoms with Gasteiger partial charge >= 0.3 is 11.9 Å². The molecular weight excluding hydrogens is 272 g/mol. The van der Waals surface area contributed by atoms with Gasteiger partial charge in [-0.25, -0.2) is 9.59 Å². The minimum atomic E-state index is -0.577. The van der Waals surface area contributed by atoms with E-state index in [4.69, 9.17) is 9.47 Å². The number of ether oxygens (including phenoxy) is 2. The molecule has 2 unspecified atom stereocenters. The molecule has 0 spiro atoms. The van der Waals surface area contributed by atoms with E-state index in [1.54, 1.807) is 0 Å². The van der Waals surface area contributed by atoms with Gasteiger partial charge in [0.05, 0.1) is 5.60 Å². The molecule has 116 valence electrons. The van der Waals surface area contributed by atoms with Gasteiger partial charge in [-0.1, -0.05) is 6.58 Å². The molecule has 0 saturated heterocycles. The first-order valence-corrected chi connectivity index (χ1v) is 7.61. The first-order chi connectivity index (χ1) is 9.86. The molecule has 4 aliphatic rings. The first-order valence-electron chi connectivity index (χ1n) is 7.61. The van der Waals surface area contributed by atoms with Crippen LogP contribution in [0.1, 0.15) is 39.0 Å². The van der Waals surface area contributed by atoms with E-state index in [-0.39, 0.29) is 30.1 Å². The molecule has 0 aromatic carbocycles. The number of aliphatic hydroxyl groups is 1. The van der Waals surface area contributed by atoms with Gasteiger partial charge in [-0.3, -0.25) is 0 Å². The summed E-state index contributed by atoms with van der Waals surface area (Å²) in [6, 6.07) is 0. The molecular formula is C16H22O5. The number of hydrogen-bond acceptors (Lipinski definition) is 5. The average Bonchev–Trinajstić information content (AvgIpc) is 2.38. The van der Waals surface area contributed by atoms with Gasteiger partial charge in [-0.05, 0) is 56.8 Å². The zero-order valence-electron chi connectivity index (χ0n) is 12.3. The first kappa shape index (κ1) is 14.6. The van der Waals surface area contributed by atoms with Crippen LogP contribution in [0.4, 0.5) is 0 Å². The van der Waals surface area contributed by atoms with E-state index in [1.807, 2.05) is 0 Å². The number of rotatable bonds is 4. The van der Waals surface area contributed by atoms with E-state index in [0.717, 1.165) is 32.1 Å². The number of carbonyl (C=O) groups is 2. The van der Waals surface area contributed by atoms with Crippen LogP contribution in [0.15, 0.2) is 12.2 Å². The summed E-state index contributed by atoms with van der Waals surface area (Å²) in [6.45, 7) is 4.63. The molecule has 4 rings (SSSR count). The van der Waals surface area contributed by atoms with Crippen molar-refractivity contribution in [1.82, 2.24) is 0 Å². The number of carbonyl (C=O) groups excluding carboxylic acids is 2. The van der Waals surface area contributed by atoms with Crippen molar-refractivity contribution in [3.63, 3.8) is 0 Å². The Balaban J connectivity index is 1.55. The molecule has 0 aromatic rings. The standard InChI is InChI=1S/C16H22O5/c1-9(2)15(18)20-8-13(17)21-14-11-3-10-4-12(14)7-16(19,5-10)6-11/h10-12,14,19H,1,3-8H2,2H3. The number of hydrogen-bond donors (Lipinski definition) is 1. The fourth-order valence-corrected chi connectivity index (χ4v) is 4.56. The van der Waals surface area contributed by atoms with Crippen LogP contribution in [-0.2, 0) is 19.1 Å². The Morgan fingerprint density at radius 3 is 2.38 bits per heavy atom. The fraction of sp³-hybridized carbons (Fsp3) is 0.750. The highest BCUT2D eigenvalue weighted by Crippen LogP contribution is 2.56. The molecule has 0 aliphatic heterocycles. The predicted molar refractivity (Wildman–Crippen MR) is 74.2 cm³/mol. The lowest BCUT2D eigenvalue weighted by atomic mass is 9.53. The molecule has 4 aliphatic carbocycles. The molecule has 21 heavy (non-hydrogen) atoms. The van der Waals surface area contributed by atoms with Crippen molar-refractivity contribution in [2.75, 3.05) is 6.61 Å². The predicted octanol–water partition coefficient (Wildman–Crippen LogP) is 1.59. The van der Waals surface area contributed by atoms with Gasteiger partial charge in [-0.2, -0.15) is 0 Å². The van der Waals surface area contributed by atoms with Crippen LogP contribution in [0, 0.1) is 17.8 Å². The zero-order chi connectivity index (χ0) is 15.2. The molecule has 4 fully saturated rings. The van der Waals surface area contributed by atoms with Gasteiger partial charge in [0, 0.05) is 5.57 Å². The molecule has 0 heterocycles. The van der Waals surface area contributed by atoms with Gasteiger partial charge in [0.15, 0.2) is 6.61 Å². The smallest absolute Gasteiger partial charge is 0.344 e. The van der Waals surface area contributed by atoms with E-state index in [1.165, 1.54) is 6.92 Å². The third kappa shape index (κ3) is 2.84. The van der Waals surface area contributed by atoms with Crippen molar-refractivity contribution in [3.05, 3.63) is 12.2 Å². The van der Waals surface area contributed by atoms with Crippen LogP contribution >= 0.6 is 0 Å². The van der Waals surface area contributed by atoms with Crippen molar-refractivity contribution < 1.29 is 24.2 Å². The third-order valence-electron chi connectivity index (χ3n) is 5.09. The number of esters is 2. The quantitative estimate of drug-likeness (QED) is 0.629. The lowest BCUT2D eigenvalue weighted by Gasteiger charge is -2.57. The van der Waals surface area contributed by atoms with E-state index in [9.17, 15) is 14.7 Å². The molecule has 1 N–H and O–H groups in total. The third-order valence-corrected chi connectivity index (χ3v) is 5.09. The van der Waals surface area contributed by atoms with Gasteiger partial charge < -0.3 is 14.6 Å². The molecule has 0 aromatic heterocycles. The Morgan fingerprint density at radius 1 is 1.24 bits per heavy atom. The van der Waals surface area contributed by atoms with E-state index in [0.29, 0.717) is 5.92 Å². The van der Waals surface area contributed by atoms with Gasteiger partial charge in [0.25, 0.3) is 0 Å². The van der Waals surface area contributed by atoms with Crippen molar-refractivity contribution in [1.29, 1.82) is 0 Å². The highest BCUT2D eigenvalue weighted by atomic mass is 16.6. The second-order valence-corrected chi connectivity index (χ2v) is 7.01. The molecule has 5 nitrogen and oxygen atoms in total. The van der Waals surface area contributed by atoms with Gasteiger partial charge in [0.1, 0.15) is 6.10 Å². The molecule has 0 radical (unpaired) electrons. The summed E-state index contributed by atoms with van der Waals surface area (Å²) < 4.78 is 10.4. The summed E-state index contributed by atoms with van der Waals surface area (Å²) in [5.41, 5.74) is -0.272. The summed E-state index contributed by atoms with van der Waals surface area (Å²) in [4.78, 5) is 23.1. The Labute approximate surface area is 124 Å². The molecule has 0 amide bonds. The minimum absolute atomic E-state index is 0.127. The second kappa shape index (κ2) is 5.13. The van der Waals surface area contributed by atoms with Crippen molar-refractivity contribution in [3.8, 4) is 0 Å². The monoisotopic (exact) mass is 294 g/mol. The normalized spacial score (nSPS) is 39.9. The van der Waals surface area contributed by atoms with E-state index < -0.39 is 17.5 Å². The van der Waals surface area contributed by atoms with Crippen LogP contribution in [0.3, 0.4) is 0 Å². The van der Waals surface area contributed by atoms with Crippen LogP contribution in [0.2, 0.25) is 0 Å². The van der Waals surface area contributed by atoms with Crippen molar-refractivity contribution in [2.24, 2.45) is 17.8 Å². The summed E-state index contributed by atoms with van der Waals surface area (Å²) >= 11 is 0. The Morgan fingerprint density at radius 2 is 1.86 bits per heavy atom. The average molecular weight is 294 g/mol. The van der Waals surface area contributed by atoms with Crippen LogP contribution in [0.5, 0.6) is 0 Å². The molecule has 4 saturated carbocycles. The van der Waals surface area contributed by atoms with Crippen LogP contribution < -0.4 is 0 Å². The molecule has 4 bridgehead atoms. The maximum atomic E-state index is 11.9. The maximum absolute atomic E-state index is 11.9. The lowest BCUT2D eigenvalue weighted by Crippen LogP contribution is -2.58.